The number of halogens is 1. The monoisotopic (exact) mass is 434 g/mol. The SMILES string of the molecule is C=C(C)C(=O)c1ccc(C(=O)N2C3CCC2CC(Oc2ccc(C#N)c(Cl)c2)C3)cc1. The second kappa shape index (κ2) is 8.56. The number of benzene rings is 2. The summed E-state index contributed by atoms with van der Waals surface area (Å²) in [7, 11) is 0. The number of Topliss-reactive ketones (excluding diaryl/α,β-unsaturated/α-hetero) is 1. The van der Waals surface area contributed by atoms with E-state index in [4.69, 9.17) is 21.6 Å². The number of carbonyl (C=O) groups excluding carboxylic acids is 2. The van der Waals surface area contributed by atoms with E-state index in [-0.39, 0.29) is 29.9 Å². The normalized spacial score (nSPS) is 22.0. The van der Waals surface area contributed by atoms with Gasteiger partial charge in [0.1, 0.15) is 17.9 Å². The number of amides is 1. The molecule has 0 aromatic heterocycles. The lowest BCUT2D eigenvalue weighted by Gasteiger charge is -2.39. The Labute approximate surface area is 186 Å². The Morgan fingerprint density at radius 1 is 1.10 bits per heavy atom. The molecular formula is C25H23ClN2O3. The predicted octanol–water partition coefficient (Wildman–Crippen LogP) is 5.19. The van der Waals surface area contributed by atoms with Gasteiger partial charge in [-0.1, -0.05) is 30.3 Å². The summed E-state index contributed by atoms with van der Waals surface area (Å²) < 4.78 is 6.14. The van der Waals surface area contributed by atoms with Crippen LogP contribution in [-0.4, -0.2) is 34.8 Å². The number of allylic oxidation sites excluding steroid dienone is 1. The Bertz CT molecular complexity index is 1070. The Morgan fingerprint density at radius 3 is 2.26 bits per heavy atom. The van der Waals surface area contributed by atoms with E-state index in [0.717, 1.165) is 25.7 Å². The molecule has 6 heteroatoms. The fraction of sp³-hybridized carbons (Fsp3) is 0.320. The Morgan fingerprint density at radius 2 is 1.71 bits per heavy atom. The van der Waals surface area contributed by atoms with Crippen molar-refractivity contribution in [2.45, 2.75) is 50.8 Å². The van der Waals surface area contributed by atoms with E-state index in [2.05, 4.69) is 6.58 Å². The summed E-state index contributed by atoms with van der Waals surface area (Å²) in [5, 5.41) is 9.40. The molecule has 2 fully saturated rings. The van der Waals surface area contributed by atoms with E-state index >= 15 is 0 Å². The lowest BCUT2D eigenvalue weighted by atomic mass is 9.97. The number of ketones is 1. The van der Waals surface area contributed by atoms with Crippen molar-refractivity contribution in [2.75, 3.05) is 0 Å². The number of nitriles is 1. The molecule has 0 saturated carbocycles. The largest absolute Gasteiger partial charge is 0.490 e. The predicted molar refractivity (Wildman–Crippen MR) is 118 cm³/mol. The molecule has 31 heavy (non-hydrogen) atoms. The van der Waals surface area contributed by atoms with E-state index in [1.165, 1.54) is 0 Å². The molecule has 0 aliphatic carbocycles. The van der Waals surface area contributed by atoms with Crippen LogP contribution in [0.15, 0.2) is 54.6 Å². The lowest BCUT2D eigenvalue weighted by molar-refractivity contribution is 0.0359. The van der Waals surface area contributed by atoms with Crippen LogP contribution in [0.25, 0.3) is 0 Å². The van der Waals surface area contributed by atoms with Crippen LogP contribution >= 0.6 is 11.6 Å². The van der Waals surface area contributed by atoms with Crippen molar-refractivity contribution in [1.82, 2.24) is 4.90 Å². The molecule has 2 atom stereocenters. The van der Waals surface area contributed by atoms with Crippen LogP contribution in [0.3, 0.4) is 0 Å². The zero-order chi connectivity index (χ0) is 22.1. The molecule has 2 aromatic carbocycles. The van der Waals surface area contributed by atoms with Gasteiger partial charge >= 0.3 is 0 Å². The van der Waals surface area contributed by atoms with Crippen molar-refractivity contribution in [3.05, 3.63) is 76.3 Å². The molecule has 0 spiro atoms. The van der Waals surface area contributed by atoms with Crippen LogP contribution in [0, 0.1) is 11.3 Å². The third kappa shape index (κ3) is 4.22. The average molecular weight is 435 g/mol. The first-order valence-corrected chi connectivity index (χ1v) is 10.7. The van der Waals surface area contributed by atoms with Crippen molar-refractivity contribution in [3.63, 3.8) is 0 Å². The summed E-state index contributed by atoms with van der Waals surface area (Å²) in [5.41, 5.74) is 2.03. The van der Waals surface area contributed by atoms with Crippen LogP contribution in [0.2, 0.25) is 5.02 Å². The van der Waals surface area contributed by atoms with Crippen LogP contribution in [0.1, 0.15) is 58.9 Å². The van der Waals surface area contributed by atoms with Gasteiger partial charge in [-0.3, -0.25) is 9.59 Å². The first-order chi connectivity index (χ1) is 14.9. The van der Waals surface area contributed by atoms with Crippen molar-refractivity contribution in [3.8, 4) is 11.8 Å². The molecule has 2 aliphatic rings. The van der Waals surface area contributed by atoms with Gasteiger partial charge < -0.3 is 9.64 Å². The highest BCUT2D eigenvalue weighted by Crippen LogP contribution is 2.38. The number of piperidine rings is 1. The molecule has 1 amide bonds. The molecular weight excluding hydrogens is 412 g/mol. The molecule has 2 unspecified atom stereocenters. The number of hydrogen-bond donors (Lipinski definition) is 0. The highest BCUT2D eigenvalue weighted by molar-refractivity contribution is 6.31. The minimum atomic E-state index is -0.111. The van der Waals surface area contributed by atoms with Crippen molar-refractivity contribution < 1.29 is 14.3 Å². The number of ether oxygens (including phenoxy) is 1. The minimum Gasteiger partial charge on any atom is -0.490 e. The molecule has 0 radical (unpaired) electrons. The van der Waals surface area contributed by atoms with Gasteiger partial charge in [0.25, 0.3) is 5.91 Å². The maximum Gasteiger partial charge on any atom is 0.254 e. The van der Waals surface area contributed by atoms with E-state index in [0.29, 0.717) is 33.0 Å². The summed E-state index contributed by atoms with van der Waals surface area (Å²) in [6, 6.07) is 14.2. The topological polar surface area (TPSA) is 70.4 Å². The number of rotatable bonds is 5. The Balaban J connectivity index is 1.44. The highest BCUT2D eigenvalue weighted by Gasteiger charge is 2.44. The fourth-order valence-corrected chi connectivity index (χ4v) is 4.78. The highest BCUT2D eigenvalue weighted by atomic mass is 35.5. The summed E-state index contributed by atoms with van der Waals surface area (Å²) in [4.78, 5) is 27.2. The third-order valence-electron chi connectivity index (χ3n) is 6.07. The zero-order valence-corrected chi connectivity index (χ0v) is 18.1. The summed E-state index contributed by atoms with van der Waals surface area (Å²) in [5.74, 6) is 0.535. The smallest absolute Gasteiger partial charge is 0.254 e. The first-order valence-electron chi connectivity index (χ1n) is 10.4. The zero-order valence-electron chi connectivity index (χ0n) is 17.3. The molecule has 2 aliphatic heterocycles. The van der Waals surface area contributed by atoms with Crippen molar-refractivity contribution >= 4 is 23.3 Å². The maximum absolute atomic E-state index is 13.2. The maximum atomic E-state index is 13.2. The molecule has 0 N–H and O–H groups in total. The van der Waals surface area contributed by atoms with Gasteiger partial charge in [0, 0.05) is 42.1 Å². The van der Waals surface area contributed by atoms with E-state index < -0.39 is 0 Å². The van der Waals surface area contributed by atoms with Gasteiger partial charge in [0.2, 0.25) is 0 Å². The second-order valence-electron chi connectivity index (χ2n) is 8.25. The quantitative estimate of drug-likeness (QED) is 0.480. The molecule has 5 nitrogen and oxygen atoms in total. The Kier molecular flexibility index (Phi) is 5.84. The van der Waals surface area contributed by atoms with Crippen LogP contribution in [0.4, 0.5) is 0 Å². The van der Waals surface area contributed by atoms with Gasteiger partial charge in [-0.05, 0) is 49.6 Å². The number of fused-ring (bicyclic) bond motifs is 2. The minimum absolute atomic E-state index is 0.00103. The number of carbonyl (C=O) groups is 2. The van der Waals surface area contributed by atoms with Gasteiger partial charge in [-0.25, -0.2) is 0 Å². The van der Waals surface area contributed by atoms with E-state index in [9.17, 15) is 9.59 Å². The summed E-state index contributed by atoms with van der Waals surface area (Å²) >= 11 is 6.12. The van der Waals surface area contributed by atoms with E-state index in [1.807, 2.05) is 11.0 Å². The van der Waals surface area contributed by atoms with Gasteiger partial charge in [-0.15, -0.1) is 0 Å². The van der Waals surface area contributed by atoms with Crippen LogP contribution in [-0.2, 0) is 0 Å². The second-order valence-corrected chi connectivity index (χ2v) is 8.66. The molecule has 2 heterocycles. The summed E-state index contributed by atoms with van der Waals surface area (Å²) in [6.45, 7) is 5.36. The van der Waals surface area contributed by atoms with Crippen LogP contribution < -0.4 is 4.74 Å². The van der Waals surface area contributed by atoms with E-state index in [1.54, 1.807) is 49.4 Å². The summed E-state index contributed by atoms with van der Waals surface area (Å²) in [6.07, 6.45) is 3.42. The molecule has 2 bridgehead atoms. The van der Waals surface area contributed by atoms with Crippen LogP contribution in [0.5, 0.6) is 5.75 Å². The standard InChI is InChI=1S/C25H23ClN2O3/c1-15(2)24(29)16-3-5-17(6-4-16)25(30)28-19-8-9-20(28)12-22(11-19)31-21-10-7-18(14-27)23(26)13-21/h3-7,10,13,19-20,22H,1,8-9,11-12H2,2H3. The molecule has 2 aromatic rings. The molecule has 158 valence electrons. The van der Waals surface area contributed by atoms with Crippen molar-refractivity contribution in [2.24, 2.45) is 0 Å². The van der Waals surface area contributed by atoms with Gasteiger partial charge in [0.15, 0.2) is 5.78 Å². The molecule has 4 rings (SSSR count). The Hall–Kier alpha value is -3.10. The average Bonchev–Trinajstić information content (AvgIpc) is 3.03. The number of hydrogen-bond acceptors (Lipinski definition) is 4. The van der Waals surface area contributed by atoms with Gasteiger partial charge in [-0.2, -0.15) is 5.26 Å². The molecule has 2 saturated heterocycles. The third-order valence-corrected chi connectivity index (χ3v) is 6.38. The number of nitrogens with zero attached hydrogens (tertiary/aromatic N) is 2. The van der Waals surface area contributed by atoms with Crippen molar-refractivity contribution in [1.29, 1.82) is 5.26 Å². The lowest BCUT2D eigenvalue weighted by Crippen LogP contribution is -2.49. The first kappa shape index (κ1) is 21.1. The van der Waals surface area contributed by atoms with Gasteiger partial charge in [0.05, 0.1) is 10.6 Å². The fourth-order valence-electron chi connectivity index (χ4n) is 4.57.